The standard InChI is InChI=1S/C26H29F2N3O4S/c1-18(2)30(25(32)19-9-11-21(27)12-10-19)15-22-14-29-26(31(22)16-23-7-5-13-35-23)36(33,34)17-20-6-3-4-8-24(20)28/h3-4,6,8-12,14,18,23H,5,7,13,15-17H2,1-2H3. The minimum atomic E-state index is -4.01. The van der Waals surface area contributed by atoms with Crippen LogP contribution in [-0.4, -0.2) is 47.5 Å². The smallest absolute Gasteiger partial charge is 0.254 e. The number of ether oxygens (including phenoxy) is 1. The summed E-state index contributed by atoms with van der Waals surface area (Å²) >= 11 is 0. The zero-order chi connectivity index (χ0) is 25.9. The first kappa shape index (κ1) is 26.0. The second kappa shape index (κ2) is 10.9. The summed E-state index contributed by atoms with van der Waals surface area (Å²) in [5.41, 5.74) is 0.894. The van der Waals surface area contributed by atoms with Crippen LogP contribution in [0.3, 0.4) is 0 Å². The van der Waals surface area contributed by atoms with Crippen molar-refractivity contribution in [1.82, 2.24) is 14.5 Å². The highest BCUT2D eigenvalue weighted by molar-refractivity contribution is 7.90. The van der Waals surface area contributed by atoms with E-state index < -0.39 is 27.2 Å². The Balaban J connectivity index is 1.68. The summed E-state index contributed by atoms with van der Waals surface area (Å²) in [6.07, 6.45) is 2.89. The Morgan fingerprint density at radius 2 is 1.89 bits per heavy atom. The van der Waals surface area contributed by atoms with Gasteiger partial charge in [-0.05, 0) is 57.0 Å². The molecule has 7 nitrogen and oxygen atoms in total. The summed E-state index contributed by atoms with van der Waals surface area (Å²) in [7, 11) is -4.01. The van der Waals surface area contributed by atoms with Crippen LogP contribution >= 0.6 is 0 Å². The topological polar surface area (TPSA) is 81.5 Å². The Hall–Kier alpha value is -3.11. The monoisotopic (exact) mass is 517 g/mol. The molecule has 1 amide bonds. The molecule has 3 aromatic rings. The minimum Gasteiger partial charge on any atom is -0.376 e. The van der Waals surface area contributed by atoms with Crippen molar-refractivity contribution in [3.8, 4) is 0 Å². The molecule has 0 saturated carbocycles. The molecular formula is C26H29F2N3O4S. The quantitative estimate of drug-likeness (QED) is 0.421. The van der Waals surface area contributed by atoms with Gasteiger partial charge in [-0.15, -0.1) is 0 Å². The van der Waals surface area contributed by atoms with Crippen LogP contribution < -0.4 is 0 Å². The predicted octanol–water partition coefficient (Wildman–Crippen LogP) is 4.37. The van der Waals surface area contributed by atoms with E-state index in [0.717, 1.165) is 12.8 Å². The van der Waals surface area contributed by atoms with Gasteiger partial charge < -0.3 is 14.2 Å². The second-order valence-electron chi connectivity index (χ2n) is 9.16. The number of rotatable bonds is 9. The molecule has 4 rings (SSSR count). The SMILES string of the molecule is CC(C)N(Cc1cnc(S(=O)(=O)Cc2ccccc2F)n1CC1CCCO1)C(=O)c1ccc(F)cc1. The number of carbonyl (C=O) groups excluding carboxylic acids is 1. The number of carbonyl (C=O) groups is 1. The van der Waals surface area contributed by atoms with Crippen LogP contribution in [0.25, 0.3) is 0 Å². The fourth-order valence-corrected chi connectivity index (χ4v) is 5.77. The van der Waals surface area contributed by atoms with Crippen LogP contribution in [0.1, 0.15) is 48.3 Å². The van der Waals surface area contributed by atoms with Crippen molar-refractivity contribution >= 4 is 15.7 Å². The molecule has 2 heterocycles. The van der Waals surface area contributed by atoms with Crippen LogP contribution in [0.15, 0.2) is 59.9 Å². The molecule has 0 aliphatic carbocycles. The summed E-state index contributed by atoms with van der Waals surface area (Å²) < 4.78 is 61.6. The van der Waals surface area contributed by atoms with Gasteiger partial charge in [-0.1, -0.05) is 18.2 Å². The summed E-state index contributed by atoms with van der Waals surface area (Å²) in [4.78, 5) is 19.0. The number of imidazole rings is 1. The Bertz CT molecular complexity index is 1320. The first-order valence-electron chi connectivity index (χ1n) is 11.8. The second-order valence-corrected chi connectivity index (χ2v) is 11.0. The highest BCUT2D eigenvalue weighted by Crippen LogP contribution is 2.24. The maximum absolute atomic E-state index is 14.2. The molecule has 10 heteroatoms. The van der Waals surface area contributed by atoms with Gasteiger partial charge in [0.15, 0.2) is 0 Å². The van der Waals surface area contributed by atoms with E-state index in [4.69, 9.17) is 4.74 Å². The van der Waals surface area contributed by atoms with Crippen LogP contribution in [0.2, 0.25) is 0 Å². The molecule has 0 spiro atoms. The number of benzene rings is 2. The number of nitrogens with zero attached hydrogens (tertiary/aromatic N) is 3. The van der Waals surface area contributed by atoms with E-state index in [0.29, 0.717) is 17.9 Å². The molecule has 2 aromatic carbocycles. The van der Waals surface area contributed by atoms with Gasteiger partial charge in [-0.3, -0.25) is 4.79 Å². The van der Waals surface area contributed by atoms with E-state index in [9.17, 15) is 22.0 Å². The molecule has 36 heavy (non-hydrogen) atoms. The average molecular weight is 518 g/mol. The van der Waals surface area contributed by atoms with Crippen LogP contribution in [-0.2, 0) is 33.4 Å². The summed E-state index contributed by atoms with van der Waals surface area (Å²) in [5, 5.41) is -0.186. The molecule has 1 unspecified atom stereocenters. The van der Waals surface area contributed by atoms with Gasteiger partial charge in [0.25, 0.3) is 5.91 Å². The van der Waals surface area contributed by atoms with Gasteiger partial charge in [0.05, 0.1) is 36.8 Å². The van der Waals surface area contributed by atoms with Crippen LogP contribution in [0, 0.1) is 11.6 Å². The fraction of sp³-hybridized carbons (Fsp3) is 0.385. The number of hydrogen-bond donors (Lipinski definition) is 0. The third-order valence-corrected chi connectivity index (χ3v) is 7.77. The lowest BCUT2D eigenvalue weighted by molar-refractivity contribution is 0.0678. The Labute approximate surface area is 209 Å². The molecule has 1 fully saturated rings. The molecule has 0 bridgehead atoms. The summed E-state index contributed by atoms with van der Waals surface area (Å²) in [6.45, 7) is 4.62. The van der Waals surface area contributed by atoms with Crippen molar-refractivity contribution in [3.05, 3.63) is 83.2 Å². The van der Waals surface area contributed by atoms with Gasteiger partial charge in [-0.2, -0.15) is 0 Å². The van der Waals surface area contributed by atoms with Gasteiger partial charge in [0, 0.05) is 23.8 Å². The van der Waals surface area contributed by atoms with Crippen molar-refractivity contribution in [1.29, 1.82) is 0 Å². The Kier molecular flexibility index (Phi) is 7.85. The number of sulfone groups is 1. The molecule has 192 valence electrons. The maximum Gasteiger partial charge on any atom is 0.254 e. The van der Waals surface area contributed by atoms with E-state index >= 15 is 0 Å². The molecule has 1 aromatic heterocycles. The highest BCUT2D eigenvalue weighted by Gasteiger charge is 2.29. The van der Waals surface area contributed by atoms with Crippen LogP contribution in [0.5, 0.6) is 0 Å². The van der Waals surface area contributed by atoms with Gasteiger partial charge in [0.1, 0.15) is 11.6 Å². The van der Waals surface area contributed by atoms with Crippen molar-refractivity contribution in [2.45, 2.75) is 62.8 Å². The van der Waals surface area contributed by atoms with Crippen molar-refractivity contribution < 1.29 is 26.7 Å². The van der Waals surface area contributed by atoms with E-state index in [2.05, 4.69) is 4.98 Å². The predicted molar refractivity (Wildman–Crippen MR) is 130 cm³/mol. The van der Waals surface area contributed by atoms with E-state index in [-0.39, 0.29) is 41.9 Å². The van der Waals surface area contributed by atoms with Gasteiger partial charge >= 0.3 is 0 Å². The van der Waals surface area contributed by atoms with E-state index in [1.807, 2.05) is 13.8 Å². The van der Waals surface area contributed by atoms with Crippen molar-refractivity contribution in [2.24, 2.45) is 0 Å². The Morgan fingerprint density at radius 3 is 2.53 bits per heavy atom. The minimum absolute atomic E-state index is 0.0565. The van der Waals surface area contributed by atoms with Crippen molar-refractivity contribution in [2.75, 3.05) is 6.61 Å². The molecule has 1 aliphatic rings. The Morgan fingerprint density at radius 1 is 1.17 bits per heavy atom. The maximum atomic E-state index is 14.2. The average Bonchev–Trinajstić information content (AvgIpc) is 3.49. The van der Waals surface area contributed by atoms with Gasteiger partial charge in [-0.25, -0.2) is 22.2 Å². The third kappa shape index (κ3) is 5.82. The lowest BCUT2D eigenvalue weighted by Gasteiger charge is -2.28. The first-order valence-corrected chi connectivity index (χ1v) is 13.5. The molecular weight excluding hydrogens is 488 g/mol. The first-order chi connectivity index (χ1) is 17.2. The zero-order valence-corrected chi connectivity index (χ0v) is 21.0. The molecule has 0 radical (unpaired) electrons. The normalized spacial score (nSPS) is 16.0. The molecule has 1 saturated heterocycles. The number of hydrogen-bond acceptors (Lipinski definition) is 5. The van der Waals surface area contributed by atoms with E-state index in [1.165, 1.54) is 48.7 Å². The fourth-order valence-electron chi connectivity index (χ4n) is 4.26. The summed E-state index contributed by atoms with van der Waals surface area (Å²) in [5.74, 6) is -1.90. The lowest BCUT2D eigenvalue weighted by atomic mass is 10.1. The zero-order valence-electron chi connectivity index (χ0n) is 20.2. The molecule has 0 N–H and O–H groups in total. The van der Waals surface area contributed by atoms with E-state index in [1.54, 1.807) is 15.5 Å². The number of halogens is 2. The highest BCUT2D eigenvalue weighted by atomic mass is 32.2. The summed E-state index contributed by atoms with van der Waals surface area (Å²) in [6, 6.07) is 10.8. The molecule has 1 atom stereocenters. The number of aromatic nitrogens is 2. The molecule has 1 aliphatic heterocycles. The lowest BCUT2D eigenvalue weighted by Crippen LogP contribution is -2.37. The largest absolute Gasteiger partial charge is 0.376 e. The third-order valence-electron chi connectivity index (χ3n) is 6.20. The van der Waals surface area contributed by atoms with Crippen molar-refractivity contribution in [3.63, 3.8) is 0 Å². The van der Waals surface area contributed by atoms with Gasteiger partial charge in [0.2, 0.25) is 15.0 Å². The number of amides is 1. The van der Waals surface area contributed by atoms with Crippen LogP contribution in [0.4, 0.5) is 8.78 Å².